The van der Waals surface area contributed by atoms with Crippen molar-refractivity contribution >= 4 is 64.4 Å². The van der Waals surface area contributed by atoms with E-state index in [-0.39, 0.29) is 21.4 Å². The van der Waals surface area contributed by atoms with Crippen molar-refractivity contribution in [1.29, 1.82) is 0 Å². The Labute approximate surface area is 179 Å². The molecule has 0 saturated carbocycles. The van der Waals surface area contributed by atoms with Gasteiger partial charge in [0.1, 0.15) is 0 Å². The molecule has 12 heteroatoms. The molecule has 4 N–H and O–H groups in total. The lowest BCUT2D eigenvalue weighted by atomic mass is 10.0. The minimum atomic E-state index is -1.88. The number of hydrogen-bond donors (Lipinski definition) is 4. The first kappa shape index (κ1) is 21.1. The highest BCUT2D eigenvalue weighted by atomic mass is 35.5. The van der Waals surface area contributed by atoms with Gasteiger partial charge in [-0.05, 0) is 30.3 Å². The summed E-state index contributed by atoms with van der Waals surface area (Å²) in [5.74, 6) is -5.18. The van der Waals surface area contributed by atoms with Gasteiger partial charge in [-0.1, -0.05) is 41.4 Å². The van der Waals surface area contributed by atoms with Crippen molar-refractivity contribution in [3.63, 3.8) is 0 Å². The molecule has 1 aliphatic heterocycles. The average molecular weight is 450 g/mol. The number of anilines is 2. The first-order valence-electron chi connectivity index (χ1n) is 8.33. The number of nitrogens with one attached hydrogen (secondary N) is 4. The number of para-hydroxylation sites is 1. The van der Waals surface area contributed by atoms with Gasteiger partial charge in [-0.3, -0.25) is 25.1 Å². The third-order valence-electron chi connectivity index (χ3n) is 3.92. The van der Waals surface area contributed by atoms with Gasteiger partial charge in [0, 0.05) is 5.69 Å². The molecule has 0 radical (unpaired) electrons. The van der Waals surface area contributed by atoms with Crippen LogP contribution in [0.15, 0.2) is 48.5 Å². The number of carbonyl (C=O) groups is 5. The van der Waals surface area contributed by atoms with Gasteiger partial charge in [-0.25, -0.2) is 19.9 Å². The Morgan fingerprint density at radius 3 is 2.30 bits per heavy atom. The highest BCUT2D eigenvalue weighted by Gasteiger charge is 2.45. The summed E-state index contributed by atoms with van der Waals surface area (Å²) in [5, 5.41) is 4.80. The summed E-state index contributed by atoms with van der Waals surface area (Å²) in [6.45, 7) is 0. The van der Waals surface area contributed by atoms with E-state index in [1.54, 1.807) is 18.2 Å². The van der Waals surface area contributed by atoms with Crippen molar-refractivity contribution in [3.8, 4) is 0 Å². The molecule has 1 atom stereocenters. The van der Waals surface area contributed by atoms with Crippen LogP contribution in [0.4, 0.5) is 21.0 Å². The number of nitrogens with zero attached hydrogens (tertiary/aromatic N) is 1. The molecule has 1 heterocycles. The lowest BCUT2D eigenvalue weighted by molar-refractivity contribution is -0.142. The lowest BCUT2D eigenvalue weighted by Gasteiger charge is -2.29. The Balaban J connectivity index is 1.65. The molecule has 154 valence electrons. The maximum absolute atomic E-state index is 12.6. The Bertz CT molecular complexity index is 1050. The summed E-state index contributed by atoms with van der Waals surface area (Å²) in [5.41, 5.74) is 4.43. The second-order valence-corrected chi connectivity index (χ2v) is 6.75. The first-order valence-corrected chi connectivity index (χ1v) is 9.09. The summed E-state index contributed by atoms with van der Waals surface area (Å²) >= 11 is 11.6. The van der Waals surface area contributed by atoms with E-state index in [2.05, 4.69) is 5.32 Å². The van der Waals surface area contributed by atoms with Crippen LogP contribution in [0, 0.1) is 5.92 Å². The van der Waals surface area contributed by atoms with Crippen LogP contribution in [0.2, 0.25) is 10.0 Å². The van der Waals surface area contributed by atoms with E-state index in [0.29, 0.717) is 4.90 Å². The molecule has 30 heavy (non-hydrogen) atoms. The fraction of sp³-hybridized carbons (Fsp3) is 0.0556. The smallest absolute Gasteiger partial charge is 0.307 e. The maximum atomic E-state index is 12.6. The molecule has 0 aliphatic carbocycles. The number of amides is 7. The quantitative estimate of drug-likeness (QED) is 0.419. The Morgan fingerprint density at radius 2 is 1.63 bits per heavy atom. The standard InChI is InChI=1S/C18H13Cl2N5O5/c19-11-7-6-9(8-12(11)20)21-17(29)24-23-15(27)13-14(26)22-18(30)25(16(13)28)10-4-2-1-3-5-10/h1-8,13H,(H,23,27)(H2,21,24,29)(H,22,26,30). The van der Waals surface area contributed by atoms with Gasteiger partial charge in [0.2, 0.25) is 5.91 Å². The molecule has 3 rings (SSSR count). The SMILES string of the molecule is O=C(NNC(=O)C1C(=O)NC(=O)N(c2ccccc2)C1=O)Nc1ccc(Cl)c(Cl)c1. The second-order valence-electron chi connectivity index (χ2n) is 5.93. The Hall–Kier alpha value is -3.63. The number of urea groups is 2. The van der Waals surface area contributed by atoms with Crippen LogP contribution in [0.1, 0.15) is 0 Å². The first-order chi connectivity index (χ1) is 14.3. The summed E-state index contributed by atoms with van der Waals surface area (Å²) in [6.07, 6.45) is 0. The van der Waals surface area contributed by atoms with E-state index in [9.17, 15) is 24.0 Å². The molecular weight excluding hydrogens is 437 g/mol. The number of rotatable bonds is 3. The largest absolute Gasteiger partial charge is 0.337 e. The van der Waals surface area contributed by atoms with Gasteiger partial charge in [-0.15, -0.1) is 0 Å². The number of halogens is 2. The molecular formula is C18H13Cl2N5O5. The molecule has 1 saturated heterocycles. The summed E-state index contributed by atoms with van der Waals surface area (Å²) in [7, 11) is 0. The van der Waals surface area contributed by atoms with Crippen molar-refractivity contribution in [3.05, 3.63) is 58.6 Å². The van der Waals surface area contributed by atoms with Crippen molar-refractivity contribution in [2.24, 2.45) is 5.92 Å². The zero-order chi connectivity index (χ0) is 21.8. The Kier molecular flexibility index (Phi) is 6.19. The number of benzene rings is 2. The highest BCUT2D eigenvalue weighted by molar-refractivity contribution is 6.42. The molecule has 2 aromatic rings. The number of hydrogen-bond acceptors (Lipinski definition) is 5. The van der Waals surface area contributed by atoms with E-state index in [4.69, 9.17) is 23.2 Å². The minimum absolute atomic E-state index is 0.176. The molecule has 7 amide bonds. The van der Waals surface area contributed by atoms with Crippen molar-refractivity contribution in [1.82, 2.24) is 16.2 Å². The molecule has 10 nitrogen and oxygen atoms in total. The van der Waals surface area contributed by atoms with Gasteiger partial charge in [-0.2, -0.15) is 0 Å². The van der Waals surface area contributed by atoms with E-state index < -0.39 is 35.7 Å². The molecule has 1 aliphatic rings. The zero-order valence-corrected chi connectivity index (χ0v) is 16.5. The molecule has 1 unspecified atom stereocenters. The zero-order valence-electron chi connectivity index (χ0n) is 14.9. The van der Waals surface area contributed by atoms with Crippen LogP contribution in [-0.4, -0.2) is 29.8 Å². The summed E-state index contributed by atoms with van der Waals surface area (Å²) in [6, 6.07) is 10.2. The van der Waals surface area contributed by atoms with Gasteiger partial charge >= 0.3 is 12.1 Å². The summed E-state index contributed by atoms with van der Waals surface area (Å²) < 4.78 is 0. The number of carbonyl (C=O) groups excluding carboxylic acids is 5. The van der Waals surface area contributed by atoms with Crippen LogP contribution in [-0.2, 0) is 14.4 Å². The number of hydrazine groups is 1. The molecule has 0 aromatic heterocycles. The maximum Gasteiger partial charge on any atom is 0.337 e. The van der Waals surface area contributed by atoms with Crippen molar-refractivity contribution in [2.45, 2.75) is 0 Å². The van der Waals surface area contributed by atoms with E-state index in [1.807, 2.05) is 16.2 Å². The molecule has 0 bridgehead atoms. The van der Waals surface area contributed by atoms with Gasteiger partial charge in [0.25, 0.3) is 11.8 Å². The fourth-order valence-corrected chi connectivity index (χ4v) is 2.85. The molecule has 1 fully saturated rings. The molecule has 2 aromatic carbocycles. The predicted octanol–water partition coefficient (Wildman–Crippen LogP) is 2.05. The van der Waals surface area contributed by atoms with Crippen LogP contribution < -0.4 is 26.4 Å². The summed E-state index contributed by atoms with van der Waals surface area (Å²) in [4.78, 5) is 61.7. The topological polar surface area (TPSA) is 137 Å². The van der Waals surface area contributed by atoms with E-state index in [1.165, 1.54) is 30.3 Å². The van der Waals surface area contributed by atoms with Crippen LogP contribution in [0.3, 0.4) is 0 Å². The number of barbiturate groups is 1. The van der Waals surface area contributed by atoms with Crippen LogP contribution in [0.25, 0.3) is 0 Å². The third-order valence-corrected chi connectivity index (χ3v) is 4.66. The van der Waals surface area contributed by atoms with Gasteiger partial charge < -0.3 is 5.32 Å². The van der Waals surface area contributed by atoms with E-state index in [0.717, 1.165) is 0 Å². The van der Waals surface area contributed by atoms with Gasteiger partial charge in [0.15, 0.2) is 5.92 Å². The second kappa shape index (κ2) is 8.80. The lowest BCUT2D eigenvalue weighted by Crippen LogP contribution is -2.63. The minimum Gasteiger partial charge on any atom is -0.307 e. The molecule has 0 spiro atoms. The highest BCUT2D eigenvalue weighted by Crippen LogP contribution is 2.25. The third kappa shape index (κ3) is 4.50. The van der Waals surface area contributed by atoms with Gasteiger partial charge in [0.05, 0.1) is 15.7 Å². The number of imide groups is 2. The Morgan fingerprint density at radius 1 is 0.933 bits per heavy atom. The average Bonchev–Trinajstić information content (AvgIpc) is 2.69. The van der Waals surface area contributed by atoms with Crippen LogP contribution in [0.5, 0.6) is 0 Å². The van der Waals surface area contributed by atoms with Crippen molar-refractivity contribution < 1.29 is 24.0 Å². The van der Waals surface area contributed by atoms with Crippen LogP contribution >= 0.6 is 23.2 Å². The predicted molar refractivity (Wildman–Crippen MR) is 108 cm³/mol. The monoisotopic (exact) mass is 449 g/mol. The van der Waals surface area contributed by atoms with Crippen molar-refractivity contribution in [2.75, 3.05) is 10.2 Å². The normalized spacial score (nSPS) is 16.0. The van der Waals surface area contributed by atoms with E-state index >= 15 is 0 Å². The fourth-order valence-electron chi connectivity index (χ4n) is 2.55.